The van der Waals surface area contributed by atoms with Crippen LogP contribution in [0.1, 0.15) is 35.2 Å². The second kappa shape index (κ2) is 5.83. The van der Waals surface area contributed by atoms with Crippen LogP contribution in [0.15, 0.2) is 24.3 Å². The van der Waals surface area contributed by atoms with Gasteiger partial charge in [0.05, 0.1) is 11.7 Å². The summed E-state index contributed by atoms with van der Waals surface area (Å²) in [5.74, 6) is -0.322. The Kier molecular flexibility index (Phi) is 4.32. The summed E-state index contributed by atoms with van der Waals surface area (Å²) >= 11 is 0. The second-order valence-corrected chi connectivity index (χ2v) is 5.12. The Balaban J connectivity index is 1.95. The minimum atomic E-state index is -4.45. The van der Waals surface area contributed by atoms with Gasteiger partial charge < -0.3 is 10.4 Å². The number of hydrogen-bond donors (Lipinski definition) is 2. The quantitative estimate of drug-likeness (QED) is 0.897. The van der Waals surface area contributed by atoms with Gasteiger partial charge in [-0.3, -0.25) is 4.79 Å². The van der Waals surface area contributed by atoms with E-state index in [0.717, 1.165) is 18.6 Å². The van der Waals surface area contributed by atoms with Crippen molar-refractivity contribution in [3.05, 3.63) is 35.4 Å². The van der Waals surface area contributed by atoms with E-state index >= 15 is 0 Å². The second-order valence-electron chi connectivity index (χ2n) is 5.12. The fourth-order valence-electron chi connectivity index (χ4n) is 2.41. The topological polar surface area (TPSA) is 49.3 Å². The smallest absolute Gasteiger partial charge is 0.393 e. The molecule has 0 aliphatic heterocycles. The minimum absolute atomic E-state index is 0.00151. The summed E-state index contributed by atoms with van der Waals surface area (Å²) in [6, 6.07) is 4.36. The molecule has 2 rings (SSSR count). The summed E-state index contributed by atoms with van der Waals surface area (Å²) in [7, 11) is 0. The zero-order valence-electron chi connectivity index (χ0n) is 10.8. The average molecular weight is 287 g/mol. The van der Waals surface area contributed by atoms with Gasteiger partial charge in [-0.1, -0.05) is 6.07 Å². The van der Waals surface area contributed by atoms with Crippen LogP contribution in [-0.2, 0) is 6.18 Å². The van der Waals surface area contributed by atoms with E-state index in [1.54, 1.807) is 0 Å². The van der Waals surface area contributed by atoms with Crippen LogP contribution in [0.25, 0.3) is 0 Å². The molecule has 1 amide bonds. The minimum Gasteiger partial charge on any atom is -0.393 e. The molecule has 1 saturated carbocycles. The van der Waals surface area contributed by atoms with Gasteiger partial charge in [-0.25, -0.2) is 0 Å². The van der Waals surface area contributed by atoms with E-state index < -0.39 is 17.6 Å². The van der Waals surface area contributed by atoms with Crippen molar-refractivity contribution in [2.24, 2.45) is 5.92 Å². The summed E-state index contributed by atoms with van der Waals surface area (Å²) < 4.78 is 37.6. The van der Waals surface area contributed by atoms with Gasteiger partial charge in [0.2, 0.25) is 0 Å². The maximum absolute atomic E-state index is 12.5. The SMILES string of the molecule is O=C(NCC1CCC(O)C1)c1cccc(C(F)(F)F)c1. The van der Waals surface area contributed by atoms with Gasteiger partial charge in [0.25, 0.3) is 5.91 Å². The summed E-state index contributed by atoms with van der Waals surface area (Å²) in [4.78, 5) is 11.8. The molecular weight excluding hydrogens is 271 g/mol. The molecule has 2 atom stereocenters. The third-order valence-electron chi connectivity index (χ3n) is 3.52. The van der Waals surface area contributed by atoms with Crippen molar-refractivity contribution in [3.63, 3.8) is 0 Å². The van der Waals surface area contributed by atoms with Crippen LogP contribution >= 0.6 is 0 Å². The van der Waals surface area contributed by atoms with E-state index in [-0.39, 0.29) is 17.6 Å². The fourth-order valence-corrected chi connectivity index (χ4v) is 2.41. The molecular formula is C14H16F3NO2. The molecule has 1 fully saturated rings. The van der Waals surface area contributed by atoms with Crippen molar-refractivity contribution in [2.45, 2.75) is 31.5 Å². The van der Waals surface area contributed by atoms with E-state index in [1.165, 1.54) is 12.1 Å². The number of halogens is 3. The van der Waals surface area contributed by atoms with Crippen LogP contribution in [0.4, 0.5) is 13.2 Å². The van der Waals surface area contributed by atoms with Crippen molar-refractivity contribution in [1.82, 2.24) is 5.32 Å². The number of carbonyl (C=O) groups excluding carboxylic acids is 1. The van der Waals surface area contributed by atoms with Crippen LogP contribution in [0, 0.1) is 5.92 Å². The van der Waals surface area contributed by atoms with Gasteiger partial charge in [-0.05, 0) is 43.4 Å². The zero-order valence-corrected chi connectivity index (χ0v) is 10.8. The highest BCUT2D eigenvalue weighted by molar-refractivity contribution is 5.94. The monoisotopic (exact) mass is 287 g/mol. The lowest BCUT2D eigenvalue weighted by atomic mass is 10.1. The first-order valence-corrected chi connectivity index (χ1v) is 6.50. The van der Waals surface area contributed by atoms with E-state index in [4.69, 9.17) is 0 Å². The largest absolute Gasteiger partial charge is 0.416 e. The maximum atomic E-state index is 12.5. The third kappa shape index (κ3) is 3.72. The van der Waals surface area contributed by atoms with Crippen LogP contribution in [0.5, 0.6) is 0 Å². The van der Waals surface area contributed by atoms with Gasteiger partial charge in [-0.15, -0.1) is 0 Å². The van der Waals surface area contributed by atoms with Gasteiger partial charge in [-0.2, -0.15) is 13.2 Å². The summed E-state index contributed by atoms with van der Waals surface area (Å²) in [6.07, 6.45) is -2.62. The summed E-state index contributed by atoms with van der Waals surface area (Å²) in [5, 5.41) is 12.0. The van der Waals surface area contributed by atoms with Crippen LogP contribution in [-0.4, -0.2) is 23.7 Å². The first kappa shape index (κ1) is 14.8. The first-order chi connectivity index (χ1) is 9.36. The summed E-state index contributed by atoms with van der Waals surface area (Å²) in [6.45, 7) is 0.381. The standard InChI is InChI=1S/C14H16F3NO2/c15-14(16,17)11-3-1-2-10(7-11)13(20)18-8-9-4-5-12(19)6-9/h1-3,7,9,12,19H,4-6,8H2,(H,18,20). The molecule has 1 aromatic carbocycles. The molecule has 0 radical (unpaired) electrons. The lowest BCUT2D eigenvalue weighted by Crippen LogP contribution is -2.28. The predicted octanol–water partition coefficient (Wildman–Crippen LogP) is 2.60. The first-order valence-electron chi connectivity index (χ1n) is 6.50. The highest BCUT2D eigenvalue weighted by atomic mass is 19.4. The Labute approximate surface area is 114 Å². The number of amides is 1. The molecule has 20 heavy (non-hydrogen) atoms. The Hall–Kier alpha value is -1.56. The molecule has 0 saturated heterocycles. The van der Waals surface area contributed by atoms with Crippen LogP contribution < -0.4 is 5.32 Å². The van der Waals surface area contributed by atoms with Crippen molar-refractivity contribution in [1.29, 1.82) is 0 Å². The van der Waals surface area contributed by atoms with Gasteiger partial charge >= 0.3 is 6.18 Å². The fraction of sp³-hybridized carbons (Fsp3) is 0.500. The number of aliphatic hydroxyl groups is 1. The molecule has 6 heteroatoms. The Morgan fingerprint density at radius 1 is 1.35 bits per heavy atom. The molecule has 0 bridgehead atoms. The summed E-state index contributed by atoms with van der Waals surface area (Å²) in [5.41, 5.74) is -0.834. The van der Waals surface area contributed by atoms with Crippen molar-refractivity contribution in [3.8, 4) is 0 Å². The number of benzene rings is 1. The molecule has 0 spiro atoms. The molecule has 1 aliphatic carbocycles. The molecule has 110 valence electrons. The maximum Gasteiger partial charge on any atom is 0.416 e. The number of carbonyl (C=O) groups is 1. The Bertz CT molecular complexity index is 488. The van der Waals surface area contributed by atoms with E-state index in [1.807, 2.05) is 0 Å². The van der Waals surface area contributed by atoms with Crippen molar-refractivity contribution < 1.29 is 23.1 Å². The highest BCUT2D eigenvalue weighted by Crippen LogP contribution is 2.29. The molecule has 0 heterocycles. The van der Waals surface area contributed by atoms with E-state index in [0.29, 0.717) is 19.4 Å². The lowest BCUT2D eigenvalue weighted by molar-refractivity contribution is -0.137. The van der Waals surface area contributed by atoms with Gasteiger partial charge in [0, 0.05) is 12.1 Å². The number of alkyl halides is 3. The van der Waals surface area contributed by atoms with E-state index in [2.05, 4.69) is 5.32 Å². The molecule has 1 aliphatic rings. The van der Waals surface area contributed by atoms with Crippen LogP contribution in [0.3, 0.4) is 0 Å². The number of nitrogens with one attached hydrogen (secondary N) is 1. The number of aliphatic hydroxyl groups excluding tert-OH is 1. The van der Waals surface area contributed by atoms with Gasteiger partial charge in [0.1, 0.15) is 0 Å². The Morgan fingerprint density at radius 3 is 2.70 bits per heavy atom. The number of hydrogen-bond acceptors (Lipinski definition) is 2. The van der Waals surface area contributed by atoms with E-state index in [9.17, 15) is 23.1 Å². The normalized spacial score (nSPS) is 22.8. The molecule has 3 nitrogen and oxygen atoms in total. The molecule has 0 aromatic heterocycles. The molecule has 2 unspecified atom stereocenters. The molecule has 2 N–H and O–H groups in total. The van der Waals surface area contributed by atoms with Crippen molar-refractivity contribution >= 4 is 5.91 Å². The van der Waals surface area contributed by atoms with Gasteiger partial charge in [0.15, 0.2) is 0 Å². The average Bonchev–Trinajstić information content (AvgIpc) is 2.81. The van der Waals surface area contributed by atoms with Crippen molar-refractivity contribution in [2.75, 3.05) is 6.54 Å². The highest BCUT2D eigenvalue weighted by Gasteiger charge is 2.31. The molecule has 1 aromatic rings. The zero-order chi connectivity index (χ0) is 14.8. The lowest BCUT2D eigenvalue weighted by Gasteiger charge is -2.12. The Morgan fingerprint density at radius 2 is 2.10 bits per heavy atom. The third-order valence-corrected chi connectivity index (χ3v) is 3.52. The predicted molar refractivity (Wildman–Crippen MR) is 67.1 cm³/mol. The van der Waals surface area contributed by atoms with Crippen LogP contribution in [0.2, 0.25) is 0 Å². The number of rotatable bonds is 3.